The van der Waals surface area contributed by atoms with E-state index in [0.717, 1.165) is 5.56 Å². The molecule has 2 heteroatoms. The van der Waals surface area contributed by atoms with Gasteiger partial charge in [0, 0.05) is 6.42 Å². The van der Waals surface area contributed by atoms with Gasteiger partial charge < -0.3 is 0 Å². The molecule has 0 amide bonds. The quantitative estimate of drug-likeness (QED) is 0.759. The SMILES string of the molecule is CC(=O)C(C)(C)C(=O)Cc1ccccc1.CCC. The summed E-state index contributed by atoms with van der Waals surface area (Å²) in [5.41, 5.74) is 0.0902. The van der Waals surface area contributed by atoms with Gasteiger partial charge in [-0.15, -0.1) is 0 Å². The fourth-order valence-electron chi connectivity index (χ4n) is 1.20. The lowest BCUT2D eigenvalue weighted by Gasteiger charge is -2.19. The van der Waals surface area contributed by atoms with Gasteiger partial charge in [-0.3, -0.25) is 9.59 Å². The van der Waals surface area contributed by atoms with Crippen molar-refractivity contribution in [1.29, 1.82) is 0 Å². The van der Waals surface area contributed by atoms with Gasteiger partial charge in [-0.05, 0) is 26.3 Å². The van der Waals surface area contributed by atoms with E-state index in [2.05, 4.69) is 13.8 Å². The number of ketones is 2. The number of carbonyl (C=O) groups is 2. The first-order chi connectivity index (χ1) is 8.36. The predicted molar refractivity (Wildman–Crippen MR) is 75.6 cm³/mol. The normalized spacial score (nSPS) is 10.3. The Kier molecular flexibility index (Phi) is 7.18. The van der Waals surface area contributed by atoms with Crippen LogP contribution in [0.15, 0.2) is 30.3 Å². The maximum absolute atomic E-state index is 11.9. The van der Waals surface area contributed by atoms with E-state index >= 15 is 0 Å². The molecule has 0 aliphatic carbocycles. The molecule has 0 N–H and O–H groups in total. The molecule has 0 bridgehead atoms. The van der Waals surface area contributed by atoms with Crippen molar-refractivity contribution in [1.82, 2.24) is 0 Å². The second kappa shape index (κ2) is 7.80. The van der Waals surface area contributed by atoms with E-state index in [-0.39, 0.29) is 11.6 Å². The maximum Gasteiger partial charge on any atom is 0.150 e. The van der Waals surface area contributed by atoms with Gasteiger partial charge in [0.25, 0.3) is 0 Å². The number of carbonyl (C=O) groups excluding carboxylic acids is 2. The van der Waals surface area contributed by atoms with Crippen LogP contribution in [0.4, 0.5) is 0 Å². The summed E-state index contributed by atoms with van der Waals surface area (Å²) in [5, 5.41) is 0. The third-order valence-corrected chi connectivity index (χ3v) is 2.78. The summed E-state index contributed by atoms with van der Waals surface area (Å²) < 4.78 is 0. The van der Waals surface area contributed by atoms with E-state index in [4.69, 9.17) is 0 Å². The lowest BCUT2D eigenvalue weighted by atomic mass is 9.81. The first-order valence-corrected chi connectivity index (χ1v) is 6.44. The van der Waals surface area contributed by atoms with Crippen molar-refractivity contribution in [2.24, 2.45) is 5.41 Å². The van der Waals surface area contributed by atoms with Gasteiger partial charge in [-0.1, -0.05) is 50.6 Å². The minimum atomic E-state index is -0.865. The highest BCUT2D eigenvalue weighted by molar-refractivity contribution is 6.05. The molecule has 1 aromatic rings. The molecule has 0 saturated carbocycles. The molecular formula is C16H24O2. The highest BCUT2D eigenvalue weighted by atomic mass is 16.2. The highest BCUT2D eigenvalue weighted by Crippen LogP contribution is 2.20. The molecule has 1 aromatic carbocycles. The van der Waals surface area contributed by atoms with Crippen molar-refractivity contribution in [3.8, 4) is 0 Å². The van der Waals surface area contributed by atoms with Gasteiger partial charge in [0.2, 0.25) is 0 Å². The van der Waals surface area contributed by atoms with Crippen LogP contribution >= 0.6 is 0 Å². The van der Waals surface area contributed by atoms with Crippen LogP contribution in [0.2, 0.25) is 0 Å². The summed E-state index contributed by atoms with van der Waals surface area (Å²) in [5.74, 6) is -0.107. The minimum Gasteiger partial charge on any atom is -0.299 e. The molecule has 0 unspecified atom stereocenters. The molecule has 0 radical (unpaired) electrons. The molecule has 1 rings (SSSR count). The van der Waals surface area contributed by atoms with Gasteiger partial charge >= 0.3 is 0 Å². The van der Waals surface area contributed by atoms with Crippen molar-refractivity contribution >= 4 is 11.6 Å². The average molecular weight is 248 g/mol. The first-order valence-electron chi connectivity index (χ1n) is 6.44. The lowest BCUT2D eigenvalue weighted by molar-refractivity contribution is -0.137. The maximum atomic E-state index is 11.9. The molecule has 100 valence electrons. The fraction of sp³-hybridized carbons (Fsp3) is 0.500. The Morgan fingerprint density at radius 2 is 1.50 bits per heavy atom. The zero-order valence-electron chi connectivity index (χ0n) is 12.1. The highest BCUT2D eigenvalue weighted by Gasteiger charge is 2.31. The van der Waals surface area contributed by atoms with Crippen LogP contribution in [0.25, 0.3) is 0 Å². The summed E-state index contributed by atoms with van der Waals surface area (Å²) >= 11 is 0. The molecule has 0 heterocycles. The molecule has 0 aromatic heterocycles. The van der Waals surface area contributed by atoms with Crippen molar-refractivity contribution in [2.45, 2.75) is 47.5 Å². The Morgan fingerprint density at radius 3 is 1.89 bits per heavy atom. The second-order valence-corrected chi connectivity index (χ2v) is 4.97. The molecule has 0 spiro atoms. The third-order valence-electron chi connectivity index (χ3n) is 2.78. The minimum absolute atomic E-state index is 0.0267. The van der Waals surface area contributed by atoms with Crippen LogP contribution in [0, 0.1) is 5.41 Å². The first kappa shape index (κ1) is 16.6. The molecule has 2 nitrogen and oxygen atoms in total. The van der Waals surface area contributed by atoms with E-state index < -0.39 is 5.41 Å². The topological polar surface area (TPSA) is 34.1 Å². The van der Waals surface area contributed by atoms with E-state index in [1.54, 1.807) is 13.8 Å². The molecule has 0 aliphatic heterocycles. The zero-order chi connectivity index (χ0) is 14.2. The molecule has 18 heavy (non-hydrogen) atoms. The van der Waals surface area contributed by atoms with E-state index in [0.29, 0.717) is 6.42 Å². The summed E-state index contributed by atoms with van der Waals surface area (Å²) in [7, 11) is 0. The molecule has 0 saturated heterocycles. The predicted octanol–water partition coefficient (Wildman–Crippen LogP) is 3.83. The second-order valence-electron chi connectivity index (χ2n) is 4.97. The van der Waals surface area contributed by atoms with Crippen molar-refractivity contribution < 1.29 is 9.59 Å². The Hall–Kier alpha value is -1.44. The molecular weight excluding hydrogens is 224 g/mol. The molecule has 0 atom stereocenters. The van der Waals surface area contributed by atoms with E-state index in [9.17, 15) is 9.59 Å². The summed E-state index contributed by atoms with van der Waals surface area (Å²) in [6, 6.07) is 9.49. The van der Waals surface area contributed by atoms with Crippen LogP contribution in [0.5, 0.6) is 0 Å². The van der Waals surface area contributed by atoms with Gasteiger partial charge in [0.15, 0.2) is 0 Å². The van der Waals surface area contributed by atoms with E-state index in [1.165, 1.54) is 13.3 Å². The monoisotopic (exact) mass is 248 g/mol. The summed E-state index contributed by atoms with van der Waals surface area (Å²) in [6.07, 6.45) is 1.58. The largest absolute Gasteiger partial charge is 0.299 e. The smallest absolute Gasteiger partial charge is 0.150 e. The Morgan fingerprint density at radius 1 is 1.06 bits per heavy atom. The van der Waals surface area contributed by atoms with Crippen molar-refractivity contribution in [3.05, 3.63) is 35.9 Å². The van der Waals surface area contributed by atoms with Gasteiger partial charge in [-0.25, -0.2) is 0 Å². The summed E-state index contributed by atoms with van der Waals surface area (Å²) in [6.45, 7) is 9.07. The fourth-order valence-corrected chi connectivity index (χ4v) is 1.20. The summed E-state index contributed by atoms with van der Waals surface area (Å²) in [4.78, 5) is 23.1. The zero-order valence-corrected chi connectivity index (χ0v) is 12.1. The van der Waals surface area contributed by atoms with Crippen LogP contribution in [-0.2, 0) is 16.0 Å². The van der Waals surface area contributed by atoms with Crippen LogP contribution in [0.1, 0.15) is 46.6 Å². The number of benzene rings is 1. The Labute approximate surface area is 110 Å². The van der Waals surface area contributed by atoms with Crippen LogP contribution in [-0.4, -0.2) is 11.6 Å². The average Bonchev–Trinajstić information content (AvgIpc) is 2.31. The standard InChI is InChI=1S/C13H16O2.C3H8/c1-10(14)13(2,3)12(15)9-11-7-5-4-6-8-11;1-3-2/h4-8H,9H2,1-3H3;3H2,1-2H3. The van der Waals surface area contributed by atoms with Gasteiger partial charge in [-0.2, -0.15) is 0 Å². The van der Waals surface area contributed by atoms with Crippen LogP contribution < -0.4 is 0 Å². The lowest BCUT2D eigenvalue weighted by Crippen LogP contribution is -2.32. The molecule has 0 aliphatic rings. The van der Waals surface area contributed by atoms with Crippen LogP contribution in [0.3, 0.4) is 0 Å². The number of Topliss-reactive ketones (excluding diaryl/α,β-unsaturated/α-hetero) is 2. The van der Waals surface area contributed by atoms with Crippen molar-refractivity contribution in [3.63, 3.8) is 0 Å². The number of hydrogen-bond donors (Lipinski definition) is 0. The van der Waals surface area contributed by atoms with E-state index in [1.807, 2.05) is 30.3 Å². The van der Waals surface area contributed by atoms with Crippen molar-refractivity contribution in [2.75, 3.05) is 0 Å². The molecule has 0 fully saturated rings. The third kappa shape index (κ3) is 5.26. The Balaban J connectivity index is 0.000000873. The van der Waals surface area contributed by atoms with Gasteiger partial charge in [0.1, 0.15) is 11.6 Å². The number of rotatable bonds is 4. The van der Waals surface area contributed by atoms with Gasteiger partial charge in [0.05, 0.1) is 5.41 Å². The Bertz CT molecular complexity index is 377. The number of hydrogen-bond acceptors (Lipinski definition) is 2.